The summed E-state index contributed by atoms with van der Waals surface area (Å²) in [6, 6.07) is 17.4. The standard InChI is InChI=1S/C18H13ClN6S2/c19-14-6-4-5-12(9-14)16-13(10-20-25-17(26)21-22-18(25)27)11-24(23-16)15-7-2-1-3-8-15/h1-11H,(H,21,26)(H,22,27)/b20-10-. The fraction of sp³-hybridized carbons (Fsp3) is 0. The number of hydrogen-bond acceptors (Lipinski definition) is 4. The highest BCUT2D eigenvalue weighted by Crippen LogP contribution is 2.25. The highest BCUT2D eigenvalue weighted by molar-refractivity contribution is 7.72. The summed E-state index contributed by atoms with van der Waals surface area (Å²) in [5.74, 6) is 0. The van der Waals surface area contributed by atoms with Crippen LogP contribution in [0.25, 0.3) is 16.9 Å². The first-order valence-corrected chi connectivity index (χ1v) is 9.16. The maximum atomic E-state index is 6.16. The molecular formula is C18H13ClN6S2. The van der Waals surface area contributed by atoms with Crippen LogP contribution in [0.1, 0.15) is 5.56 Å². The first kappa shape index (κ1) is 17.6. The van der Waals surface area contributed by atoms with Crippen LogP contribution >= 0.6 is 36.0 Å². The second-order valence-electron chi connectivity index (χ2n) is 5.64. The van der Waals surface area contributed by atoms with E-state index in [4.69, 9.17) is 41.1 Å². The molecule has 0 aliphatic carbocycles. The maximum absolute atomic E-state index is 6.16. The first-order valence-electron chi connectivity index (χ1n) is 7.97. The zero-order valence-electron chi connectivity index (χ0n) is 13.8. The van der Waals surface area contributed by atoms with Gasteiger partial charge in [0.1, 0.15) is 5.69 Å². The lowest BCUT2D eigenvalue weighted by atomic mass is 10.1. The van der Waals surface area contributed by atoms with Crippen LogP contribution in [-0.4, -0.2) is 30.9 Å². The van der Waals surface area contributed by atoms with E-state index >= 15 is 0 Å². The largest absolute Gasteiger partial charge is 0.273 e. The number of aromatic amines is 2. The van der Waals surface area contributed by atoms with Gasteiger partial charge in [-0.3, -0.25) is 10.2 Å². The Morgan fingerprint density at radius 1 is 1.00 bits per heavy atom. The van der Waals surface area contributed by atoms with Crippen molar-refractivity contribution in [3.63, 3.8) is 0 Å². The number of nitrogens with zero attached hydrogens (tertiary/aromatic N) is 4. The molecule has 0 radical (unpaired) electrons. The molecule has 2 N–H and O–H groups in total. The Balaban J connectivity index is 1.85. The Kier molecular flexibility index (Phi) is 4.85. The van der Waals surface area contributed by atoms with E-state index in [0.29, 0.717) is 14.6 Å². The number of rotatable bonds is 4. The number of benzene rings is 2. The third-order valence-electron chi connectivity index (χ3n) is 3.83. The molecule has 0 unspecified atom stereocenters. The number of para-hydroxylation sites is 1. The van der Waals surface area contributed by atoms with Crippen molar-refractivity contribution in [2.45, 2.75) is 0 Å². The van der Waals surface area contributed by atoms with Crippen LogP contribution in [0.15, 0.2) is 65.9 Å². The predicted molar refractivity (Wildman–Crippen MR) is 112 cm³/mol. The Bertz CT molecular complexity index is 1200. The molecule has 0 amide bonds. The van der Waals surface area contributed by atoms with Crippen LogP contribution in [0.3, 0.4) is 0 Å². The summed E-state index contributed by atoms with van der Waals surface area (Å²) in [5, 5.41) is 15.3. The van der Waals surface area contributed by atoms with Gasteiger partial charge in [0, 0.05) is 22.3 Å². The van der Waals surface area contributed by atoms with Crippen molar-refractivity contribution in [1.82, 2.24) is 24.7 Å². The normalized spacial score (nSPS) is 11.3. The predicted octanol–water partition coefficient (Wildman–Crippen LogP) is 4.99. The molecule has 2 heterocycles. The van der Waals surface area contributed by atoms with Gasteiger partial charge in [0.15, 0.2) is 0 Å². The maximum Gasteiger partial charge on any atom is 0.215 e. The highest BCUT2D eigenvalue weighted by atomic mass is 35.5. The van der Waals surface area contributed by atoms with Gasteiger partial charge in [-0.05, 0) is 48.7 Å². The van der Waals surface area contributed by atoms with E-state index < -0.39 is 0 Å². The quantitative estimate of drug-likeness (QED) is 0.366. The molecule has 0 fully saturated rings. The summed E-state index contributed by atoms with van der Waals surface area (Å²) in [6.07, 6.45) is 3.58. The molecule has 6 nitrogen and oxygen atoms in total. The van der Waals surface area contributed by atoms with Crippen LogP contribution in [0.4, 0.5) is 0 Å². The van der Waals surface area contributed by atoms with Gasteiger partial charge in [-0.15, -0.1) is 0 Å². The minimum absolute atomic E-state index is 0.385. The van der Waals surface area contributed by atoms with Gasteiger partial charge in [-0.2, -0.15) is 14.9 Å². The molecule has 4 rings (SSSR count). The van der Waals surface area contributed by atoms with Crippen LogP contribution in [-0.2, 0) is 0 Å². The molecule has 2 aromatic carbocycles. The van der Waals surface area contributed by atoms with Crippen LogP contribution in [0.5, 0.6) is 0 Å². The van der Waals surface area contributed by atoms with Gasteiger partial charge in [0.25, 0.3) is 0 Å². The lowest BCUT2D eigenvalue weighted by Gasteiger charge is -2.01. The molecule has 0 saturated carbocycles. The van der Waals surface area contributed by atoms with Crippen molar-refractivity contribution in [2.75, 3.05) is 0 Å². The van der Waals surface area contributed by atoms with E-state index in [0.717, 1.165) is 22.5 Å². The fourth-order valence-corrected chi connectivity index (χ4v) is 3.21. The number of H-pyrrole nitrogens is 2. The van der Waals surface area contributed by atoms with E-state index in [2.05, 4.69) is 15.3 Å². The molecule has 2 aromatic heterocycles. The van der Waals surface area contributed by atoms with E-state index in [9.17, 15) is 0 Å². The average molecular weight is 413 g/mol. The summed E-state index contributed by atoms with van der Waals surface area (Å²) < 4.78 is 4.01. The zero-order valence-corrected chi connectivity index (χ0v) is 16.2. The SMILES string of the molecule is S=c1[nH][nH]c(=S)n1/N=C\c1cn(-c2ccccc2)nc1-c1cccc(Cl)c1. The highest BCUT2D eigenvalue weighted by Gasteiger charge is 2.11. The van der Waals surface area contributed by atoms with Gasteiger partial charge in [-0.25, -0.2) is 4.68 Å². The summed E-state index contributed by atoms with van der Waals surface area (Å²) in [7, 11) is 0. The molecule has 0 saturated heterocycles. The minimum atomic E-state index is 0.385. The van der Waals surface area contributed by atoms with Crippen molar-refractivity contribution >= 4 is 42.3 Å². The van der Waals surface area contributed by atoms with E-state index in [1.54, 1.807) is 10.9 Å². The van der Waals surface area contributed by atoms with Crippen LogP contribution < -0.4 is 0 Å². The third kappa shape index (κ3) is 3.68. The second kappa shape index (κ2) is 7.43. The summed E-state index contributed by atoms with van der Waals surface area (Å²) in [6.45, 7) is 0. The third-order valence-corrected chi connectivity index (χ3v) is 4.62. The van der Waals surface area contributed by atoms with Gasteiger partial charge in [0.05, 0.1) is 11.9 Å². The number of halogens is 1. The number of aromatic nitrogens is 5. The molecular weight excluding hydrogens is 400 g/mol. The summed E-state index contributed by atoms with van der Waals surface area (Å²) >= 11 is 16.5. The molecule has 0 bridgehead atoms. The Hall–Kier alpha value is -2.81. The van der Waals surface area contributed by atoms with Gasteiger partial charge in [-0.1, -0.05) is 41.9 Å². The Morgan fingerprint density at radius 2 is 1.74 bits per heavy atom. The Morgan fingerprint density at radius 3 is 2.44 bits per heavy atom. The second-order valence-corrected chi connectivity index (χ2v) is 6.85. The molecule has 9 heteroatoms. The number of hydrogen-bond donors (Lipinski definition) is 2. The lowest BCUT2D eigenvalue weighted by molar-refractivity contribution is 0.848. The van der Waals surface area contributed by atoms with Crippen molar-refractivity contribution < 1.29 is 0 Å². The lowest BCUT2D eigenvalue weighted by Crippen LogP contribution is -1.93. The van der Waals surface area contributed by atoms with Crippen LogP contribution in [0.2, 0.25) is 5.02 Å². The monoisotopic (exact) mass is 412 g/mol. The molecule has 134 valence electrons. The smallest absolute Gasteiger partial charge is 0.215 e. The van der Waals surface area contributed by atoms with Gasteiger partial charge >= 0.3 is 0 Å². The molecule has 0 aliphatic heterocycles. The van der Waals surface area contributed by atoms with Crippen molar-refractivity contribution in [2.24, 2.45) is 5.10 Å². The van der Waals surface area contributed by atoms with Crippen molar-refractivity contribution in [1.29, 1.82) is 0 Å². The molecule has 0 atom stereocenters. The molecule has 0 aliphatic rings. The van der Waals surface area contributed by atoms with Gasteiger partial charge < -0.3 is 0 Å². The Labute approximate surface area is 169 Å². The number of nitrogens with one attached hydrogen (secondary N) is 2. The van der Waals surface area contributed by atoms with E-state index in [1.165, 1.54) is 4.68 Å². The molecule has 0 spiro atoms. The van der Waals surface area contributed by atoms with Crippen LogP contribution in [0, 0.1) is 9.54 Å². The average Bonchev–Trinajstić information content (AvgIpc) is 3.24. The van der Waals surface area contributed by atoms with E-state index in [1.807, 2.05) is 60.8 Å². The van der Waals surface area contributed by atoms with Crippen molar-refractivity contribution in [3.05, 3.63) is 80.9 Å². The molecule has 4 aromatic rings. The van der Waals surface area contributed by atoms with E-state index in [-0.39, 0.29) is 0 Å². The summed E-state index contributed by atoms with van der Waals surface area (Å²) in [4.78, 5) is 0. The van der Waals surface area contributed by atoms with Crippen molar-refractivity contribution in [3.8, 4) is 16.9 Å². The first-order chi connectivity index (χ1) is 13.1. The van der Waals surface area contributed by atoms with Gasteiger partial charge in [0.2, 0.25) is 9.54 Å². The zero-order chi connectivity index (χ0) is 18.8. The summed E-state index contributed by atoms with van der Waals surface area (Å²) in [5.41, 5.74) is 3.39. The molecule has 27 heavy (non-hydrogen) atoms. The minimum Gasteiger partial charge on any atom is -0.273 e. The topological polar surface area (TPSA) is 66.7 Å². The fourth-order valence-electron chi connectivity index (χ4n) is 2.58.